The van der Waals surface area contributed by atoms with Gasteiger partial charge in [0, 0.05) is 11.0 Å². The summed E-state index contributed by atoms with van der Waals surface area (Å²) in [7, 11) is 0. The molecular formula is C15H16BrFN2O4. The molecule has 0 saturated carbocycles. The van der Waals surface area contributed by atoms with Crippen LogP contribution in [-0.4, -0.2) is 41.9 Å². The minimum Gasteiger partial charge on any atom is -0.452 e. The van der Waals surface area contributed by atoms with E-state index in [-0.39, 0.29) is 5.56 Å². The quantitative estimate of drug-likeness (QED) is 0.795. The van der Waals surface area contributed by atoms with Crippen LogP contribution in [0.4, 0.5) is 4.39 Å². The highest BCUT2D eigenvalue weighted by atomic mass is 79.9. The number of benzene rings is 1. The topological polar surface area (TPSA) is 89.7 Å². The predicted molar refractivity (Wildman–Crippen MR) is 82.9 cm³/mol. The zero-order chi connectivity index (χ0) is 17.0. The van der Waals surface area contributed by atoms with Gasteiger partial charge in [-0.3, -0.25) is 9.59 Å². The van der Waals surface area contributed by atoms with Crippen LogP contribution in [0, 0.1) is 5.82 Å². The van der Waals surface area contributed by atoms with Crippen molar-refractivity contribution in [2.24, 2.45) is 5.73 Å². The summed E-state index contributed by atoms with van der Waals surface area (Å²) < 4.78 is 18.5. The van der Waals surface area contributed by atoms with E-state index in [0.717, 1.165) is 18.9 Å². The van der Waals surface area contributed by atoms with Crippen LogP contribution in [0.5, 0.6) is 0 Å². The van der Waals surface area contributed by atoms with Gasteiger partial charge in [-0.2, -0.15) is 0 Å². The lowest BCUT2D eigenvalue weighted by Crippen LogP contribution is -2.51. The predicted octanol–water partition coefficient (Wildman–Crippen LogP) is 1.61. The molecule has 0 radical (unpaired) electrons. The van der Waals surface area contributed by atoms with E-state index in [4.69, 9.17) is 10.5 Å². The summed E-state index contributed by atoms with van der Waals surface area (Å²) in [5, 5.41) is 0. The summed E-state index contributed by atoms with van der Waals surface area (Å²) in [5.74, 6) is -2.47. The maximum atomic E-state index is 13.2. The van der Waals surface area contributed by atoms with Crippen molar-refractivity contribution in [3.8, 4) is 0 Å². The molecule has 1 aliphatic heterocycles. The molecule has 2 amide bonds. The Balaban J connectivity index is 1.99. The number of hydrogen-bond acceptors (Lipinski definition) is 4. The van der Waals surface area contributed by atoms with Crippen molar-refractivity contribution < 1.29 is 23.5 Å². The van der Waals surface area contributed by atoms with Gasteiger partial charge in [-0.05, 0) is 53.4 Å². The molecule has 1 aromatic rings. The number of carbonyl (C=O) groups excluding carboxylic acids is 3. The van der Waals surface area contributed by atoms with Gasteiger partial charge in [0.2, 0.25) is 5.91 Å². The van der Waals surface area contributed by atoms with Gasteiger partial charge in [0.15, 0.2) is 6.61 Å². The molecule has 1 fully saturated rings. The van der Waals surface area contributed by atoms with E-state index in [0.29, 0.717) is 17.4 Å². The number of amides is 2. The number of hydrogen-bond donors (Lipinski definition) is 1. The first-order valence-corrected chi connectivity index (χ1v) is 7.90. The molecule has 8 heteroatoms. The Morgan fingerprint density at radius 2 is 2.09 bits per heavy atom. The van der Waals surface area contributed by atoms with Crippen LogP contribution in [0.3, 0.4) is 0 Å². The second-order valence-corrected chi connectivity index (χ2v) is 6.06. The number of primary amides is 1. The first-order chi connectivity index (χ1) is 10.9. The largest absolute Gasteiger partial charge is 0.452 e. The maximum Gasteiger partial charge on any atom is 0.339 e. The summed E-state index contributed by atoms with van der Waals surface area (Å²) in [4.78, 5) is 36.8. The van der Waals surface area contributed by atoms with Crippen molar-refractivity contribution in [1.29, 1.82) is 0 Å². The third kappa shape index (κ3) is 4.28. The van der Waals surface area contributed by atoms with Gasteiger partial charge >= 0.3 is 5.97 Å². The number of halogens is 2. The van der Waals surface area contributed by atoms with Crippen molar-refractivity contribution in [3.05, 3.63) is 34.1 Å². The van der Waals surface area contributed by atoms with Crippen LogP contribution in [-0.2, 0) is 14.3 Å². The number of esters is 1. The van der Waals surface area contributed by atoms with E-state index >= 15 is 0 Å². The number of carbonyl (C=O) groups is 3. The number of nitrogens with two attached hydrogens (primary N) is 1. The first kappa shape index (κ1) is 17.4. The monoisotopic (exact) mass is 386 g/mol. The molecule has 0 spiro atoms. The highest BCUT2D eigenvalue weighted by molar-refractivity contribution is 9.10. The second kappa shape index (κ2) is 7.54. The molecule has 6 nitrogen and oxygen atoms in total. The van der Waals surface area contributed by atoms with Gasteiger partial charge in [0.05, 0.1) is 5.56 Å². The van der Waals surface area contributed by atoms with Crippen molar-refractivity contribution in [1.82, 2.24) is 4.90 Å². The fraction of sp³-hybridized carbons (Fsp3) is 0.400. The molecule has 1 aromatic carbocycles. The normalized spacial score (nSPS) is 17.7. The smallest absolute Gasteiger partial charge is 0.339 e. The number of likely N-dealkylation sites (tertiary alicyclic amines) is 1. The highest BCUT2D eigenvalue weighted by Crippen LogP contribution is 2.20. The Morgan fingerprint density at radius 3 is 2.78 bits per heavy atom. The molecule has 0 bridgehead atoms. The summed E-state index contributed by atoms with van der Waals surface area (Å²) in [6.07, 6.45) is 2.08. The molecule has 1 atom stereocenters. The van der Waals surface area contributed by atoms with E-state index in [1.54, 1.807) is 0 Å². The summed E-state index contributed by atoms with van der Waals surface area (Å²) in [6, 6.07) is 2.92. The van der Waals surface area contributed by atoms with Gasteiger partial charge in [-0.15, -0.1) is 0 Å². The van der Waals surface area contributed by atoms with Crippen LogP contribution in [0.2, 0.25) is 0 Å². The molecule has 1 heterocycles. The average molecular weight is 387 g/mol. The zero-order valence-corrected chi connectivity index (χ0v) is 13.8. The minimum absolute atomic E-state index is 0.0112. The van der Waals surface area contributed by atoms with Crippen molar-refractivity contribution in [2.75, 3.05) is 13.2 Å². The molecular weight excluding hydrogens is 371 g/mol. The van der Waals surface area contributed by atoms with Gasteiger partial charge in [0.25, 0.3) is 5.91 Å². The lowest BCUT2D eigenvalue weighted by Gasteiger charge is -2.33. The van der Waals surface area contributed by atoms with Crippen LogP contribution < -0.4 is 5.73 Å². The van der Waals surface area contributed by atoms with Crippen molar-refractivity contribution in [2.45, 2.75) is 25.3 Å². The lowest BCUT2D eigenvalue weighted by molar-refractivity contribution is -0.143. The van der Waals surface area contributed by atoms with Crippen molar-refractivity contribution >= 4 is 33.7 Å². The van der Waals surface area contributed by atoms with E-state index < -0.39 is 36.2 Å². The van der Waals surface area contributed by atoms with Gasteiger partial charge in [0.1, 0.15) is 11.9 Å². The van der Waals surface area contributed by atoms with E-state index in [2.05, 4.69) is 15.9 Å². The number of nitrogens with zero attached hydrogens (tertiary/aromatic N) is 1. The molecule has 2 N–H and O–H groups in total. The Hall–Kier alpha value is -1.96. The molecule has 1 saturated heterocycles. The van der Waals surface area contributed by atoms with Crippen LogP contribution in [0.25, 0.3) is 0 Å². The van der Waals surface area contributed by atoms with Crippen LogP contribution >= 0.6 is 15.9 Å². The van der Waals surface area contributed by atoms with E-state index in [1.165, 1.54) is 17.0 Å². The Bertz CT molecular complexity index is 638. The molecule has 124 valence electrons. The Labute approximate surface area is 140 Å². The fourth-order valence-corrected chi connectivity index (χ4v) is 2.88. The third-order valence-electron chi connectivity index (χ3n) is 3.63. The second-order valence-electron chi connectivity index (χ2n) is 5.20. The third-order valence-corrected chi connectivity index (χ3v) is 4.32. The fourth-order valence-electron chi connectivity index (χ4n) is 2.47. The summed E-state index contributed by atoms with van der Waals surface area (Å²) in [5.41, 5.74) is 5.28. The molecule has 0 aromatic heterocycles. The first-order valence-electron chi connectivity index (χ1n) is 7.11. The number of piperidine rings is 1. The maximum absolute atomic E-state index is 13.2. The van der Waals surface area contributed by atoms with Crippen molar-refractivity contribution in [3.63, 3.8) is 0 Å². The molecule has 2 rings (SSSR count). The van der Waals surface area contributed by atoms with Crippen LogP contribution in [0.15, 0.2) is 22.7 Å². The molecule has 1 aliphatic rings. The van der Waals surface area contributed by atoms with Gasteiger partial charge in [-0.1, -0.05) is 0 Å². The van der Waals surface area contributed by atoms with Gasteiger partial charge in [-0.25, -0.2) is 9.18 Å². The molecule has 0 unspecified atom stereocenters. The number of ether oxygens (including phenoxy) is 1. The Morgan fingerprint density at radius 1 is 1.35 bits per heavy atom. The standard InChI is InChI=1S/C15H16BrFN2O4/c16-11-5-4-9(17)7-10(11)15(22)23-8-13(20)19-6-2-1-3-12(19)14(18)21/h4-5,7,12H,1-3,6,8H2,(H2,18,21)/t12-/m1/s1. The molecule has 23 heavy (non-hydrogen) atoms. The van der Waals surface area contributed by atoms with Gasteiger partial charge < -0.3 is 15.4 Å². The number of rotatable bonds is 4. The highest BCUT2D eigenvalue weighted by Gasteiger charge is 2.31. The minimum atomic E-state index is -0.822. The summed E-state index contributed by atoms with van der Waals surface area (Å²) in [6.45, 7) is -0.126. The average Bonchev–Trinajstić information content (AvgIpc) is 2.54. The zero-order valence-electron chi connectivity index (χ0n) is 12.3. The Kier molecular flexibility index (Phi) is 5.70. The van der Waals surface area contributed by atoms with Crippen LogP contribution in [0.1, 0.15) is 29.6 Å². The van der Waals surface area contributed by atoms with E-state index in [9.17, 15) is 18.8 Å². The lowest BCUT2D eigenvalue weighted by atomic mass is 10.0. The summed E-state index contributed by atoms with van der Waals surface area (Å²) >= 11 is 3.12. The SMILES string of the molecule is NC(=O)[C@H]1CCCCN1C(=O)COC(=O)c1cc(F)ccc1Br. The molecule has 0 aliphatic carbocycles. The van der Waals surface area contributed by atoms with E-state index in [1.807, 2.05) is 0 Å².